The van der Waals surface area contributed by atoms with Gasteiger partial charge in [0.05, 0.1) is 28.6 Å². The van der Waals surface area contributed by atoms with Crippen LogP contribution in [0.2, 0.25) is 0 Å². The smallest absolute Gasteiger partial charge is 0.416 e. The highest BCUT2D eigenvalue weighted by Crippen LogP contribution is 2.37. The number of hydrogen-bond acceptors (Lipinski definition) is 6. The molecule has 2 aliphatic heterocycles. The number of carbonyl (C=O) groups excluding carboxylic acids is 2. The molecule has 0 radical (unpaired) electrons. The fourth-order valence-electron chi connectivity index (χ4n) is 4.52. The lowest BCUT2D eigenvalue weighted by molar-refractivity contribution is -0.137. The number of anilines is 2. The summed E-state index contributed by atoms with van der Waals surface area (Å²) in [4.78, 5) is 33.3. The molecule has 4 rings (SSSR count). The third kappa shape index (κ3) is 6.29. The highest BCUT2D eigenvalue weighted by molar-refractivity contribution is 7.10. The molecule has 0 unspecified atom stereocenters. The number of benzene rings is 1. The number of aromatic nitrogens is 1. The molecule has 7 nitrogen and oxygen atoms in total. The van der Waals surface area contributed by atoms with E-state index in [0.29, 0.717) is 38.2 Å². The Bertz CT molecular complexity index is 1060. The van der Waals surface area contributed by atoms with Crippen molar-refractivity contribution in [1.29, 1.82) is 0 Å². The monoisotopic (exact) mass is 524 g/mol. The number of nitrogens with zero attached hydrogens (tertiary/aromatic N) is 3. The van der Waals surface area contributed by atoms with Gasteiger partial charge in [0.15, 0.2) is 0 Å². The number of likely N-dealkylation sites (tertiary alicyclic amines) is 1. The quantitative estimate of drug-likeness (QED) is 0.441. The SMILES string of the molecule is CCCCOC(=O)N1CCC(c2nc(C(=O)Nc3cc(C(F)(F)F)ccc3N3CCCC3)cs2)CC1. The van der Waals surface area contributed by atoms with Gasteiger partial charge in [-0.1, -0.05) is 13.3 Å². The van der Waals surface area contributed by atoms with E-state index in [1.54, 1.807) is 10.3 Å². The van der Waals surface area contributed by atoms with E-state index < -0.39 is 17.6 Å². The van der Waals surface area contributed by atoms with Gasteiger partial charge in [0.25, 0.3) is 5.91 Å². The predicted octanol–water partition coefficient (Wildman–Crippen LogP) is 6.13. The number of ether oxygens (including phenoxy) is 1. The van der Waals surface area contributed by atoms with Gasteiger partial charge in [-0.15, -0.1) is 11.3 Å². The molecule has 1 aromatic carbocycles. The first-order valence-corrected chi connectivity index (χ1v) is 13.3. The molecular weight excluding hydrogens is 493 g/mol. The van der Waals surface area contributed by atoms with Gasteiger partial charge < -0.3 is 19.9 Å². The zero-order valence-electron chi connectivity index (χ0n) is 20.3. The highest BCUT2D eigenvalue weighted by atomic mass is 32.1. The zero-order valence-corrected chi connectivity index (χ0v) is 21.1. The van der Waals surface area contributed by atoms with Crippen LogP contribution in [0.1, 0.15) is 72.4 Å². The van der Waals surface area contributed by atoms with E-state index >= 15 is 0 Å². The minimum absolute atomic E-state index is 0.116. The summed E-state index contributed by atoms with van der Waals surface area (Å²) in [5, 5.41) is 5.11. The molecule has 0 saturated carbocycles. The van der Waals surface area contributed by atoms with E-state index in [1.165, 1.54) is 17.4 Å². The fraction of sp³-hybridized carbons (Fsp3) is 0.560. The lowest BCUT2D eigenvalue weighted by Gasteiger charge is -2.30. The molecule has 0 bridgehead atoms. The summed E-state index contributed by atoms with van der Waals surface area (Å²) in [6, 6.07) is 3.47. The Balaban J connectivity index is 1.41. The number of thiazole rings is 1. The van der Waals surface area contributed by atoms with Gasteiger partial charge in [-0.3, -0.25) is 4.79 Å². The second kappa shape index (κ2) is 11.5. The van der Waals surface area contributed by atoms with Gasteiger partial charge in [0.2, 0.25) is 0 Å². The molecule has 1 aromatic heterocycles. The number of halogens is 3. The van der Waals surface area contributed by atoms with Crippen LogP contribution < -0.4 is 10.2 Å². The van der Waals surface area contributed by atoms with E-state index in [0.717, 1.165) is 55.9 Å². The van der Waals surface area contributed by atoms with Crippen LogP contribution >= 0.6 is 11.3 Å². The minimum atomic E-state index is -4.51. The van der Waals surface area contributed by atoms with Gasteiger partial charge >= 0.3 is 12.3 Å². The molecule has 1 N–H and O–H groups in total. The summed E-state index contributed by atoms with van der Waals surface area (Å²) in [6.07, 6.45) is 0.339. The van der Waals surface area contributed by atoms with E-state index in [-0.39, 0.29) is 23.4 Å². The summed E-state index contributed by atoms with van der Waals surface area (Å²) in [5.41, 5.74) is 0.101. The van der Waals surface area contributed by atoms with Crippen LogP contribution in [0.3, 0.4) is 0 Å². The fourth-order valence-corrected chi connectivity index (χ4v) is 5.49. The first-order valence-electron chi connectivity index (χ1n) is 12.4. The second-order valence-corrected chi connectivity index (χ2v) is 10.1. The van der Waals surface area contributed by atoms with Crippen molar-refractivity contribution in [1.82, 2.24) is 9.88 Å². The van der Waals surface area contributed by atoms with Crippen molar-refractivity contribution in [2.24, 2.45) is 0 Å². The average Bonchev–Trinajstić information content (AvgIpc) is 3.56. The lowest BCUT2D eigenvalue weighted by Crippen LogP contribution is -2.38. The molecule has 196 valence electrons. The average molecular weight is 525 g/mol. The predicted molar refractivity (Wildman–Crippen MR) is 133 cm³/mol. The van der Waals surface area contributed by atoms with E-state index in [9.17, 15) is 22.8 Å². The summed E-state index contributed by atoms with van der Waals surface area (Å²) in [7, 11) is 0. The molecule has 2 fully saturated rings. The molecule has 2 aliphatic rings. The maximum Gasteiger partial charge on any atom is 0.416 e. The molecule has 3 heterocycles. The molecule has 0 aliphatic carbocycles. The third-order valence-electron chi connectivity index (χ3n) is 6.60. The van der Waals surface area contributed by atoms with Gasteiger partial charge in [0.1, 0.15) is 5.69 Å². The number of unbranched alkanes of at least 4 members (excludes halogenated alkanes) is 1. The minimum Gasteiger partial charge on any atom is -0.449 e. The second-order valence-electron chi connectivity index (χ2n) is 9.18. The van der Waals surface area contributed by atoms with Crippen molar-refractivity contribution < 1.29 is 27.5 Å². The number of amides is 2. The summed E-state index contributed by atoms with van der Waals surface area (Å²) in [5.74, 6) is -0.417. The highest BCUT2D eigenvalue weighted by Gasteiger charge is 2.32. The molecule has 2 saturated heterocycles. The summed E-state index contributed by atoms with van der Waals surface area (Å²) < 4.78 is 45.3. The molecule has 2 aromatic rings. The van der Waals surface area contributed by atoms with Crippen molar-refractivity contribution in [3.63, 3.8) is 0 Å². The first kappa shape index (κ1) is 26.2. The first-order chi connectivity index (χ1) is 17.3. The Hall–Kier alpha value is -2.82. The van der Waals surface area contributed by atoms with Crippen LogP contribution in [0.5, 0.6) is 0 Å². The van der Waals surface area contributed by atoms with Crippen molar-refractivity contribution in [2.75, 3.05) is 43.0 Å². The van der Waals surface area contributed by atoms with Gasteiger partial charge in [-0.25, -0.2) is 9.78 Å². The number of nitrogens with one attached hydrogen (secondary N) is 1. The van der Waals surface area contributed by atoms with Gasteiger partial charge in [-0.2, -0.15) is 13.2 Å². The Morgan fingerprint density at radius 2 is 1.89 bits per heavy atom. The van der Waals surface area contributed by atoms with E-state index in [4.69, 9.17) is 4.74 Å². The molecule has 0 atom stereocenters. The molecule has 0 spiro atoms. The van der Waals surface area contributed by atoms with E-state index in [1.807, 2.05) is 11.8 Å². The number of alkyl halides is 3. The van der Waals surface area contributed by atoms with Crippen LogP contribution in [0.15, 0.2) is 23.6 Å². The Kier molecular flexibility index (Phi) is 8.38. The molecule has 36 heavy (non-hydrogen) atoms. The lowest BCUT2D eigenvalue weighted by atomic mass is 9.98. The van der Waals surface area contributed by atoms with Crippen LogP contribution in [-0.4, -0.2) is 54.7 Å². The van der Waals surface area contributed by atoms with Crippen LogP contribution in [0.25, 0.3) is 0 Å². The Labute approximate surface area is 212 Å². The number of rotatable bonds is 7. The maximum atomic E-state index is 13.3. The van der Waals surface area contributed by atoms with Crippen LogP contribution in [0, 0.1) is 0 Å². The zero-order chi connectivity index (χ0) is 25.7. The van der Waals surface area contributed by atoms with Crippen molar-refractivity contribution in [2.45, 2.75) is 57.5 Å². The van der Waals surface area contributed by atoms with Gasteiger partial charge in [-0.05, 0) is 50.3 Å². The summed E-state index contributed by atoms with van der Waals surface area (Å²) >= 11 is 1.36. The van der Waals surface area contributed by atoms with E-state index in [2.05, 4.69) is 10.3 Å². The third-order valence-corrected chi connectivity index (χ3v) is 7.61. The largest absolute Gasteiger partial charge is 0.449 e. The van der Waals surface area contributed by atoms with Crippen molar-refractivity contribution >= 4 is 34.7 Å². The Morgan fingerprint density at radius 3 is 2.56 bits per heavy atom. The van der Waals surface area contributed by atoms with Crippen molar-refractivity contribution in [3.8, 4) is 0 Å². The number of carbonyl (C=O) groups is 2. The molecule has 2 amide bonds. The standard InChI is InChI=1S/C25H31F3N4O3S/c1-2-3-14-35-24(34)32-12-8-17(9-13-32)23-30-20(16-36-23)22(33)29-19-15-18(25(26,27)28)6-7-21(19)31-10-4-5-11-31/h6-7,15-17H,2-5,8-14H2,1H3,(H,29,33). The van der Waals surface area contributed by atoms with Crippen molar-refractivity contribution in [3.05, 3.63) is 39.8 Å². The number of piperidine rings is 1. The maximum absolute atomic E-state index is 13.3. The topological polar surface area (TPSA) is 74.8 Å². The van der Waals surface area contributed by atoms with Gasteiger partial charge in [0, 0.05) is 37.5 Å². The Morgan fingerprint density at radius 1 is 1.17 bits per heavy atom. The molecular formula is C25H31F3N4O3S. The van der Waals surface area contributed by atoms with Crippen LogP contribution in [-0.2, 0) is 10.9 Å². The number of hydrogen-bond donors (Lipinski definition) is 1. The van der Waals surface area contributed by atoms with Crippen LogP contribution in [0.4, 0.5) is 29.3 Å². The molecule has 11 heteroatoms. The normalized spacial score (nSPS) is 16.9. The summed E-state index contributed by atoms with van der Waals surface area (Å²) in [6.45, 7) is 5.04.